The highest BCUT2D eigenvalue weighted by atomic mass is 35.5. The van der Waals surface area contributed by atoms with Crippen LogP contribution >= 0.6 is 11.6 Å². The van der Waals surface area contributed by atoms with Gasteiger partial charge < -0.3 is 30.0 Å². The molecule has 3 heterocycles. The van der Waals surface area contributed by atoms with Crippen molar-refractivity contribution >= 4 is 35.2 Å². The molecule has 12 nitrogen and oxygen atoms in total. The van der Waals surface area contributed by atoms with E-state index in [1.807, 2.05) is 6.07 Å². The van der Waals surface area contributed by atoms with Gasteiger partial charge in [0.25, 0.3) is 5.91 Å². The summed E-state index contributed by atoms with van der Waals surface area (Å²) < 4.78 is 19.0. The maximum absolute atomic E-state index is 14.6. The Kier molecular flexibility index (Phi) is 10.6. The van der Waals surface area contributed by atoms with Crippen molar-refractivity contribution in [3.05, 3.63) is 101 Å². The first-order chi connectivity index (χ1) is 24.8. The number of phenolic OH excluding ortho intramolecular Hbond substituents is 1. The van der Waals surface area contributed by atoms with Gasteiger partial charge in [-0.25, -0.2) is 4.79 Å². The molecule has 6 rings (SSSR count). The number of ether oxygens (including phenoxy) is 3. The molecular formula is C39H40ClN5O7. The Labute approximate surface area is 307 Å². The van der Waals surface area contributed by atoms with E-state index < -0.39 is 41.3 Å². The number of hydrogen-bond donors (Lipinski definition) is 3. The van der Waals surface area contributed by atoms with Crippen molar-refractivity contribution in [1.82, 2.24) is 20.0 Å². The molecule has 13 heteroatoms. The van der Waals surface area contributed by atoms with Crippen LogP contribution in [0.5, 0.6) is 5.75 Å². The molecule has 0 bridgehead atoms. The maximum Gasteiger partial charge on any atom is 0.408 e. The smallest absolute Gasteiger partial charge is 0.408 e. The average molecular weight is 726 g/mol. The Hall–Kier alpha value is -5.35. The Morgan fingerprint density at radius 1 is 1.04 bits per heavy atom. The van der Waals surface area contributed by atoms with Gasteiger partial charge in [-0.3, -0.25) is 19.2 Å². The number of nitrogens with one attached hydrogen (secondary N) is 2. The van der Waals surface area contributed by atoms with Gasteiger partial charge in [0, 0.05) is 47.9 Å². The molecule has 1 spiro atoms. The minimum atomic E-state index is -1.14. The highest BCUT2D eigenvalue weighted by molar-refractivity contribution is 6.31. The lowest BCUT2D eigenvalue weighted by molar-refractivity contribution is -0.172. The fourth-order valence-electron chi connectivity index (χ4n) is 6.26. The Balaban J connectivity index is 1.22. The molecule has 4 aromatic rings. The first-order valence-electron chi connectivity index (χ1n) is 16.9. The third kappa shape index (κ3) is 8.23. The monoisotopic (exact) mass is 725 g/mol. The first kappa shape index (κ1) is 36.4. The van der Waals surface area contributed by atoms with E-state index in [9.17, 15) is 19.5 Å². The summed E-state index contributed by atoms with van der Waals surface area (Å²) in [5, 5.41) is 21.0. The highest BCUT2D eigenvalue weighted by Crippen LogP contribution is 2.39. The summed E-state index contributed by atoms with van der Waals surface area (Å²) in [5.74, 6) is 5.33. The lowest BCUT2D eigenvalue weighted by Crippen LogP contribution is -2.59. The van der Waals surface area contributed by atoms with Crippen LogP contribution in [0.25, 0.3) is 11.3 Å². The SMILES string of the molecule is Cn1cc(C#Cc2ccc(NC(=O)C3COC4(CCOCC4)N3C(=O)[C@H](NC(=O)OC(C)(C)C)c3ccccc3)cc2)c(-c2cc(Cl)ccc2O)n1. The van der Waals surface area contributed by atoms with E-state index in [1.165, 1.54) is 11.0 Å². The van der Waals surface area contributed by atoms with E-state index in [1.54, 1.807) is 99.4 Å². The van der Waals surface area contributed by atoms with Crippen molar-refractivity contribution in [1.29, 1.82) is 0 Å². The molecule has 3 amide bonds. The zero-order chi connectivity index (χ0) is 37.0. The van der Waals surface area contributed by atoms with Crippen LogP contribution in [0.15, 0.2) is 79.0 Å². The predicted octanol–water partition coefficient (Wildman–Crippen LogP) is 5.78. The quantitative estimate of drug-likeness (QED) is 0.212. The lowest BCUT2D eigenvalue weighted by Gasteiger charge is -2.42. The number of rotatable bonds is 6. The molecule has 2 atom stereocenters. The van der Waals surface area contributed by atoms with Gasteiger partial charge in [0.15, 0.2) is 0 Å². The number of nitrogens with zero attached hydrogens (tertiary/aromatic N) is 3. The van der Waals surface area contributed by atoms with Gasteiger partial charge >= 0.3 is 6.09 Å². The third-order valence-electron chi connectivity index (χ3n) is 8.65. The van der Waals surface area contributed by atoms with Crippen LogP contribution in [0.4, 0.5) is 10.5 Å². The van der Waals surface area contributed by atoms with Gasteiger partial charge in [-0.2, -0.15) is 5.10 Å². The molecule has 0 saturated carbocycles. The summed E-state index contributed by atoms with van der Waals surface area (Å²) in [7, 11) is 1.76. The third-order valence-corrected chi connectivity index (χ3v) is 8.89. The van der Waals surface area contributed by atoms with Crippen LogP contribution in [0.2, 0.25) is 5.02 Å². The van der Waals surface area contributed by atoms with Crippen LogP contribution in [0, 0.1) is 11.8 Å². The van der Waals surface area contributed by atoms with Crippen LogP contribution in [-0.4, -0.2) is 74.9 Å². The van der Waals surface area contributed by atoms with E-state index in [0.717, 1.165) is 0 Å². The standard InChI is InChI=1S/C39H40ClN5O7/c1-38(2,3)52-37(49)42-34(26-8-6-5-7-9-26)36(48)45-31(24-51-39(45)18-20-50-21-19-39)35(47)41-29-15-11-25(12-16-29)10-13-27-23-44(4)43-33(27)30-22-28(40)14-17-32(30)46/h5-9,11-12,14-17,22-23,31,34,46H,18-21,24H2,1-4H3,(H,41,47)(H,42,49)/t31?,34-/m1/s1. The number of anilines is 1. The molecule has 1 aromatic heterocycles. The molecular weight excluding hydrogens is 686 g/mol. The second kappa shape index (κ2) is 15.1. The number of halogens is 1. The molecule has 270 valence electrons. The summed E-state index contributed by atoms with van der Waals surface area (Å²) in [6, 6.07) is 18.4. The largest absolute Gasteiger partial charge is 0.507 e. The fourth-order valence-corrected chi connectivity index (χ4v) is 6.43. The molecule has 2 aliphatic rings. The number of phenols is 1. The number of aromatic nitrogens is 2. The van der Waals surface area contributed by atoms with Crippen LogP contribution < -0.4 is 10.6 Å². The number of hydrogen-bond acceptors (Lipinski definition) is 8. The van der Waals surface area contributed by atoms with Gasteiger partial charge in [0.05, 0.1) is 25.4 Å². The number of benzene rings is 3. The normalized spacial score (nSPS) is 17.2. The molecule has 0 radical (unpaired) electrons. The molecule has 52 heavy (non-hydrogen) atoms. The number of alkyl carbamates (subject to hydrolysis) is 1. The summed E-state index contributed by atoms with van der Waals surface area (Å²) in [6.45, 7) is 5.87. The van der Waals surface area contributed by atoms with Crippen LogP contribution in [0.1, 0.15) is 56.3 Å². The number of aromatic hydroxyl groups is 1. The maximum atomic E-state index is 14.6. The summed E-state index contributed by atoms with van der Waals surface area (Å²) in [6.07, 6.45) is 1.71. The molecule has 1 unspecified atom stereocenters. The highest BCUT2D eigenvalue weighted by Gasteiger charge is 2.54. The number of aryl methyl sites for hydroxylation is 1. The molecule has 3 N–H and O–H groups in total. The van der Waals surface area contributed by atoms with Crippen LogP contribution in [-0.2, 0) is 30.8 Å². The van der Waals surface area contributed by atoms with Gasteiger partial charge in [-0.05, 0) is 68.8 Å². The average Bonchev–Trinajstić information content (AvgIpc) is 3.67. The fraction of sp³-hybridized carbons (Fsp3) is 0.333. The number of amides is 3. The molecule has 2 fully saturated rings. The number of carbonyl (C=O) groups excluding carboxylic acids is 3. The summed E-state index contributed by atoms with van der Waals surface area (Å²) >= 11 is 6.17. The van der Waals surface area contributed by atoms with Crippen molar-refractivity contribution in [3.63, 3.8) is 0 Å². The Morgan fingerprint density at radius 2 is 1.75 bits per heavy atom. The van der Waals surface area contributed by atoms with E-state index in [0.29, 0.717) is 64.7 Å². The van der Waals surface area contributed by atoms with Crippen LogP contribution in [0.3, 0.4) is 0 Å². The number of carbonyl (C=O) groups is 3. The topological polar surface area (TPSA) is 144 Å². The van der Waals surface area contributed by atoms with Crippen molar-refractivity contribution in [3.8, 4) is 28.8 Å². The molecule has 2 saturated heterocycles. The van der Waals surface area contributed by atoms with Gasteiger partial charge in [-0.1, -0.05) is 53.8 Å². The minimum Gasteiger partial charge on any atom is -0.507 e. The predicted molar refractivity (Wildman–Crippen MR) is 194 cm³/mol. The Bertz CT molecular complexity index is 2010. The lowest BCUT2D eigenvalue weighted by atomic mass is 9.97. The van der Waals surface area contributed by atoms with Crippen molar-refractivity contribution in [2.24, 2.45) is 7.05 Å². The van der Waals surface area contributed by atoms with Crippen molar-refractivity contribution in [2.45, 2.75) is 57.0 Å². The molecule has 3 aromatic carbocycles. The molecule has 2 aliphatic heterocycles. The first-order valence-corrected chi connectivity index (χ1v) is 17.2. The minimum absolute atomic E-state index is 0.0370. The summed E-state index contributed by atoms with van der Waals surface area (Å²) in [5.41, 5.74) is 1.38. The van der Waals surface area contributed by atoms with E-state index in [4.69, 9.17) is 25.8 Å². The summed E-state index contributed by atoms with van der Waals surface area (Å²) in [4.78, 5) is 43.0. The second-order valence-electron chi connectivity index (χ2n) is 13.6. The van der Waals surface area contributed by atoms with Gasteiger partial charge in [0.2, 0.25) is 5.91 Å². The zero-order valence-corrected chi connectivity index (χ0v) is 30.1. The van der Waals surface area contributed by atoms with E-state index in [-0.39, 0.29) is 12.4 Å². The molecule has 0 aliphatic carbocycles. The van der Waals surface area contributed by atoms with Crippen molar-refractivity contribution in [2.75, 3.05) is 25.1 Å². The Morgan fingerprint density at radius 3 is 2.44 bits per heavy atom. The van der Waals surface area contributed by atoms with Gasteiger partial charge in [-0.15, -0.1) is 0 Å². The zero-order valence-electron chi connectivity index (χ0n) is 29.3. The van der Waals surface area contributed by atoms with Crippen molar-refractivity contribution < 1.29 is 33.7 Å². The van der Waals surface area contributed by atoms with E-state index in [2.05, 4.69) is 27.6 Å². The second-order valence-corrected chi connectivity index (χ2v) is 14.1. The van der Waals surface area contributed by atoms with E-state index >= 15 is 0 Å². The van der Waals surface area contributed by atoms with Gasteiger partial charge in [0.1, 0.15) is 34.9 Å².